The van der Waals surface area contributed by atoms with Crippen molar-refractivity contribution in [2.75, 3.05) is 27.4 Å². The fourth-order valence-corrected chi connectivity index (χ4v) is 3.57. The smallest absolute Gasteiger partial charge is 0.115 e. The molecule has 114 valence electrons. The Hall–Kier alpha value is 0.500. The predicted molar refractivity (Wildman–Crippen MR) is 82.1 cm³/mol. The Morgan fingerprint density at radius 2 is 1.47 bits per heavy atom. The molecule has 0 aromatic rings. The molecule has 0 aromatic carbocycles. The van der Waals surface area contributed by atoms with Gasteiger partial charge in [0.15, 0.2) is 0 Å². The van der Waals surface area contributed by atoms with E-state index in [1.165, 1.54) is 32.1 Å². The number of rotatable bonds is 8. The molecule has 0 amide bonds. The van der Waals surface area contributed by atoms with Crippen molar-refractivity contribution in [3.05, 3.63) is 0 Å². The third kappa shape index (κ3) is 5.79. The molecule has 1 saturated carbocycles. The first-order chi connectivity index (χ1) is 8.93. The fraction of sp³-hybridized carbons (Fsp3) is 1.00. The van der Waals surface area contributed by atoms with E-state index >= 15 is 0 Å². The lowest BCUT2D eigenvalue weighted by atomic mass is 9.67. The molecule has 19 heavy (non-hydrogen) atoms. The van der Waals surface area contributed by atoms with E-state index in [4.69, 9.17) is 32.7 Å². The summed E-state index contributed by atoms with van der Waals surface area (Å²) in [6.07, 6.45) is 8.27. The molecule has 1 fully saturated rings. The minimum atomic E-state index is -0.665. The maximum absolute atomic E-state index is 6.16. The van der Waals surface area contributed by atoms with Gasteiger partial charge < -0.3 is 9.47 Å². The molecule has 0 spiro atoms. The molecule has 0 bridgehead atoms. The van der Waals surface area contributed by atoms with Crippen molar-refractivity contribution in [1.82, 2.24) is 0 Å². The number of ether oxygens (including phenoxy) is 2. The molecular formula is C15H28Cl2O2. The van der Waals surface area contributed by atoms with Crippen LogP contribution < -0.4 is 0 Å². The van der Waals surface area contributed by atoms with E-state index in [1.807, 2.05) is 6.92 Å². The van der Waals surface area contributed by atoms with Gasteiger partial charge in [0.05, 0.1) is 13.2 Å². The molecule has 0 atom stereocenters. The summed E-state index contributed by atoms with van der Waals surface area (Å²) in [7, 11) is 3.54. The van der Waals surface area contributed by atoms with Crippen LogP contribution in [0.25, 0.3) is 0 Å². The second-order valence-corrected chi connectivity index (χ2v) is 8.00. The zero-order chi connectivity index (χ0) is 14.4. The van der Waals surface area contributed by atoms with Gasteiger partial charge in [-0.25, -0.2) is 0 Å². The topological polar surface area (TPSA) is 18.5 Å². The van der Waals surface area contributed by atoms with Gasteiger partial charge in [-0.05, 0) is 38.5 Å². The Balaban J connectivity index is 2.78. The van der Waals surface area contributed by atoms with Crippen molar-refractivity contribution in [1.29, 1.82) is 0 Å². The van der Waals surface area contributed by atoms with Gasteiger partial charge in [0.1, 0.15) is 4.33 Å². The molecule has 1 rings (SSSR count). The van der Waals surface area contributed by atoms with Gasteiger partial charge in [-0.15, -0.1) is 23.2 Å². The number of hydrogen-bond donors (Lipinski definition) is 0. The van der Waals surface area contributed by atoms with Crippen molar-refractivity contribution in [2.45, 2.75) is 56.2 Å². The van der Waals surface area contributed by atoms with Crippen molar-refractivity contribution in [3.63, 3.8) is 0 Å². The minimum absolute atomic E-state index is 0.0644. The Kier molecular flexibility index (Phi) is 7.45. The average Bonchev–Trinajstić information content (AvgIpc) is 2.37. The maximum Gasteiger partial charge on any atom is 0.115 e. The first-order valence-electron chi connectivity index (χ1n) is 7.29. The molecule has 1 aliphatic rings. The zero-order valence-corrected chi connectivity index (χ0v) is 14.0. The molecule has 0 radical (unpaired) electrons. The van der Waals surface area contributed by atoms with E-state index in [0.717, 1.165) is 26.1 Å². The standard InChI is InChI=1S/C15H28Cl2O2/c1-14(16,17)9-10-15(11-18-2,12-19-3)13-7-5-4-6-8-13/h13H,4-12H2,1-3H3. The Bertz CT molecular complexity index is 239. The number of methoxy groups -OCH3 is 2. The lowest BCUT2D eigenvalue weighted by Crippen LogP contribution is -2.41. The molecule has 0 saturated heterocycles. The zero-order valence-electron chi connectivity index (χ0n) is 12.5. The van der Waals surface area contributed by atoms with Crippen LogP contribution in [0.5, 0.6) is 0 Å². The first-order valence-corrected chi connectivity index (χ1v) is 8.05. The van der Waals surface area contributed by atoms with Crippen LogP contribution >= 0.6 is 23.2 Å². The van der Waals surface area contributed by atoms with Crippen LogP contribution in [0.1, 0.15) is 51.9 Å². The highest BCUT2D eigenvalue weighted by atomic mass is 35.5. The van der Waals surface area contributed by atoms with Crippen LogP contribution in [0.3, 0.4) is 0 Å². The van der Waals surface area contributed by atoms with Crippen molar-refractivity contribution < 1.29 is 9.47 Å². The second kappa shape index (κ2) is 8.07. The van der Waals surface area contributed by atoms with Crippen LogP contribution in [0, 0.1) is 11.3 Å². The summed E-state index contributed by atoms with van der Waals surface area (Å²) in [6, 6.07) is 0. The second-order valence-electron chi connectivity index (χ2n) is 6.13. The molecule has 0 aromatic heterocycles. The minimum Gasteiger partial charge on any atom is -0.384 e. The molecular weight excluding hydrogens is 283 g/mol. The van der Waals surface area contributed by atoms with Crippen LogP contribution in [0.4, 0.5) is 0 Å². The summed E-state index contributed by atoms with van der Waals surface area (Å²) in [5.74, 6) is 0.664. The van der Waals surface area contributed by atoms with Crippen molar-refractivity contribution >= 4 is 23.2 Å². The van der Waals surface area contributed by atoms with Crippen LogP contribution in [0.2, 0.25) is 0 Å². The SMILES string of the molecule is COCC(CCC(C)(Cl)Cl)(COC)C1CCCCC1. The summed E-state index contributed by atoms with van der Waals surface area (Å²) in [5, 5.41) is 0. The number of hydrogen-bond acceptors (Lipinski definition) is 2. The van der Waals surface area contributed by atoms with Crippen LogP contribution in [-0.4, -0.2) is 31.8 Å². The summed E-state index contributed by atoms with van der Waals surface area (Å²) >= 11 is 12.3. The molecule has 0 heterocycles. The highest BCUT2D eigenvalue weighted by Gasteiger charge is 2.40. The van der Waals surface area contributed by atoms with Crippen LogP contribution in [0.15, 0.2) is 0 Å². The van der Waals surface area contributed by atoms with Gasteiger partial charge >= 0.3 is 0 Å². The summed E-state index contributed by atoms with van der Waals surface area (Å²) < 4.78 is 10.4. The molecule has 2 nitrogen and oxygen atoms in total. The summed E-state index contributed by atoms with van der Waals surface area (Å²) in [5.41, 5.74) is 0.0644. The van der Waals surface area contributed by atoms with E-state index in [-0.39, 0.29) is 5.41 Å². The van der Waals surface area contributed by atoms with Crippen molar-refractivity contribution in [2.24, 2.45) is 11.3 Å². The Morgan fingerprint density at radius 1 is 0.947 bits per heavy atom. The molecule has 0 unspecified atom stereocenters. The first kappa shape index (κ1) is 17.6. The van der Waals surface area contributed by atoms with Gasteiger partial charge in [0.25, 0.3) is 0 Å². The lowest BCUT2D eigenvalue weighted by molar-refractivity contribution is -0.0477. The normalized spacial score (nSPS) is 18.8. The molecule has 0 aliphatic heterocycles. The number of alkyl halides is 2. The highest BCUT2D eigenvalue weighted by Crippen LogP contribution is 2.44. The van der Waals surface area contributed by atoms with E-state index in [9.17, 15) is 0 Å². The third-order valence-corrected chi connectivity index (χ3v) is 4.77. The third-order valence-electron chi connectivity index (χ3n) is 4.40. The van der Waals surface area contributed by atoms with Gasteiger partial charge in [-0.1, -0.05) is 19.3 Å². The van der Waals surface area contributed by atoms with Gasteiger partial charge in [0, 0.05) is 19.6 Å². The highest BCUT2D eigenvalue weighted by molar-refractivity contribution is 6.48. The fourth-order valence-electron chi connectivity index (χ4n) is 3.38. The van der Waals surface area contributed by atoms with E-state index in [1.54, 1.807) is 14.2 Å². The largest absolute Gasteiger partial charge is 0.384 e. The van der Waals surface area contributed by atoms with E-state index < -0.39 is 4.33 Å². The monoisotopic (exact) mass is 310 g/mol. The summed E-state index contributed by atoms with van der Waals surface area (Å²) in [6.45, 7) is 3.33. The van der Waals surface area contributed by atoms with Crippen molar-refractivity contribution in [3.8, 4) is 0 Å². The lowest BCUT2D eigenvalue weighted by Gasteiger charge is -2.42. The maximum atomic E-state index is 6.16. The molecule has 4 heteroatoms. The Labute approximate surface area is 128 Å². The van der Waals surface area contributed by atoms with Gasteiger partial charge in [0.2, 0.25) is 0 Å². The molecule has 1 aliphatic carbocycles. The van der Waals surface area contributed by atoms with E-state index in [2.05, 4.69) is 0 Å². The number of halogens is 2. The van der Waals surface area contributed by atoms with E-state index in [0.29, 0.717) is 5.92 Å². The summed E-state index contributed by atoms with van der Waals surface area (Å²) in [4.78, 5) is 0. The Morgan fingerprint density at radius 3 is 1.89 bits per heavy atom. The predicted octanol–water partition coefficient (Wildman–Crippen LogP) is 4.82. The van der Waals surface area contributed by atoms with Gasteiger partial charge in [-0.2, -0.15) is 0 Å². The molecule has 0 N–H and O–H groups in total. The quantitative estimate of drug-likeness (QED) is 0.598. The van der Waals surface area contributed by atoms with Gasteiger partial charge in [-0.3, -0.25) is 0 Å². The average molecular weight is 311 g/mol. The van der Waals surface area contributed by atoms with Crippen LogP contribution in [-0.2, 0) is 9.47 Å².